The van der Waals surface area contributed by atoms with Gasteiger partial charge in [0.05, 0.1) is 35.2 Å². The second-order valence-electron chi connectivity index (χ2n) is 8.54. The molecule has 1 aliphatic heterocycles. The molecule has 7 nitrogen and oxygen atoms in total. The molecule has 3 aromatic rings. The third kappa shape index (κ3) is 6.29. The predicted octanol–water partition coefficient (Wildman–Crippen LogP) is 5.77. The van der Waals surface area contributed by atoms with E-state index in [1.54, 1.807) is 6.92 Å². The zero-order chi connectivity index (χ0) is 26.3. The highest BCUT2D eigenvalue weighted by Gasteiger charge is 2.35. The first-order chi connectivity index (χ1) is 16.8. The zero-order valence-electron chi connectivity index (χ0n) is 19.2. The zero-order valence-corrected chi connectivity index (χ0v) is 21.6. The summed E-state index contributed by atoms with van der Waals surface area (Å²) in [6, 6.07) is 6.95. The summed E-state index contributed by atoms with van der Waals surface area (Å²) in [6.45, 7) is 1.62. The first-order valence-electron chi connectivity index (χ1n) is 10.8. The Morgan fingerprint density at radius 2 is 1.92 bits per heavy atom. The van der Waals surface area contributed by atoms with Crippen molar-refractivity contribution in [2.75, 3.05) is 34.3 Å². The minimum Gasteiger partial charge on any atom is -0.364 e. The van der Waals surface area contributed by atoms with Gasteiger partial charge in [0.1, 0.15) is 5.69 Å². The molecule has 4 rings (SSSR count). The second-order valence-corrected chi connectivity index (χ2v) is 12.0. The summed E-state index contributed by atoms with van der Waals surface area (Å²) in [5, 5.41) is 2.86. The SMILES string of the molecule is Cc1sc(C(=O)Nc2cc(Cl)cc(NS(C)(=O)=O)c2)cc1-c1ncc(N2CCCC(F)(F)C2)cc1F. The van der Waals surface area contributed by atoms with E-state index in [0.717, 1.165) is 17.6 Å². The van der Waals surface area contributed by atoms with Crippen molar-refractivity contribution in [2.45, 2.75) is 25.7 Å². The van der Waals surface area contributed by atoms with Crippen LogP contribution in [0.1, 0.15) is 27.4 Å². The fourth-order valence-corrected chi connectivity index (χ4v) is 5.64. The van der Waals surface area contributed by atoms with Crippen molar-refractivity contribution in [1.82, 2.24) is 4.98 Å². The Labute approximate surface area is 215 Å². The highest BCUT2D eigenvalue weighted by molar-refractivity contribution is 7.92. The molecule has 0 spiro atoms. The van der Waals surface area contributed by atoms with Crippen LogP contribution in [0.5, 0.6) is 0 Å². The summed E-state index contributed by atoms with van der Waals surface area (Å²) in [5.74, 6) is -4.01. The Kier molecular flexibility index (Phi) is 7.22. The number of pyridine rings is 1. The van der Waals surface area contributed by atoms with Crippen LogP contribution in [-0.2, 0) is 10.0 Å². The summed E-state index contributed by atoms with van der Waals surface area (Å²) < 4.78 is 67.8. The van der Waals surface area contributed by atoms with Gasteiger partial charge in [-0.2, -0.15) is 0 Å². The third-order valence-electron chi connectivity index (χ3n) is 5.44. The molecule has 1 amide bonds. The molecule has 36 heavy (non-hydrogen) atoms. The predicted molar refractivity (Wildman–Crippen MR) is 137 cm³/mol. The number of anilines is 3. The van der Waals surface area contributed by atoms with E-state index in [2.05, 4.69) is 15.0 Å². The van der Waals surface area contributed by atoms with Crippen LogP contribution < -0.4 is 14.9 Å². The van der Waals surface area contributed by atoms with Gasteiger partial charge >= 0.3 is 0 Å². The van der Waals surface area contributed by atoms with Gasteiger partial charge in [-0.3, -0.25) is 14.5 Å². The van der Waals surface area contributed by atoms with Gasteiger partial charge in [0, 0.05) is 40.2 Å². The molecule has 3 heterocycles. The maximum atomic E-state index is 15.0. The summed E-state index contributed by atoms with van der Waals surface area (Å²) >= 11 is 7.16. The number of benzene rings is 1. The minimum atomic E-state index is -3.55. The van der Waals surface area contributed by atoms with Crippen molar-refractivity contribution in [1.29, 1.82) is 0 Å². The number of sulfonamides is 1. The molecule has 0 bridgehead atoms. The number of hydrogen-bond acceptors (Lipinski definition) is 6. The topological polar surface area (TPSA) is 91.4 Å². The molecule has 0 saturated carbocycles. The van der Waals surface area contributed by atoms with E-state index in [9.17, 15) is 22.0 Å². The number of aryl methyl sites for hydroxylation is 1. The lowest BCUT2D eigenvalue weighted by atomic mass is 10.1. The molecule has 1 saturated heterocycles. The number of aromatic nitrogens is 1. The maximum Gasteiger partial charge on any atom is 0.265 e. The first-order valence-corrected chi connectivity index (χ1v) is 13.9. The normalized spacial score (nSPS) is 15.6. The van der Waals surface area contributed by atoms with Gasteiger partial charge in [0.2, 0.25) is 10.0 Å². The molecular weight excluding hydrogens is 537 g/mol. The lowest BCUT2D eigenvalue weighted by molar-refractivity contribution is -0.0117. The van der Waals surface area contributed by atoms with Crippen LogP contribution in [0.15, 0.2) is 36.5 Å². The Hall–Kier alpha value is -2.83. The molecule has 0 radical (unpaired) electrons. The molecule has 0 unspecified atom stereocenters. The molecule has 13 heteroatoms. The van der Waals surface area contributed by atoms with Crippen molar-refractivity contribution >= 4 is 55.9 Å². The monoisotopic (exact) mass is 558 g/mol. The fraction of sp³-hybridized carbons (Fsp3) is 0.304. The summed E-state index contributed by atoms with van der Waals surface area (Å²) in [6.07, 6.45) is 2.46. The second kappa shape index (κ2) is 9.91. The van der Waals surface area contributed by atoms with Crippen molar-refractivity contribution in [2.24, 2.45) is 0 Å². The number of amides is 1. The molecule has 2 aromatic heterocycles. The van der Waals surface area contributed by atoms with Crippen LogP contribution >= 0.6 is 22.9 Å². The van der Waals surface area contributed by atoms with Crippen LogP contribution in [0, 0.1) is 12.7 Å². The van der Waals surface area contributed by atoms with E-state index in [4.69, 9.17) is 11.6 Å². The summed E-state index contributed by atoms with van der Waals surface area (Å²) in [5.41, 5.74) is 1.14. The van der Waals surface area contributed by atoms with Crippen LogP contribution in [0.2, 0.25) is 5.02 Å². The molecule has 0 aliphatic carbocycles. The van der Waals surface area contributed by atoms with Gasteiger partial charge < -0.3 is 10.2 Å². The lowest BCUT2D eigenvalue weighted by Gasteiger charge is -2.33. The van der Waals surface area contributed by atoms with E-state index in [1.165, 1.54) is 41.4 Å². The maximum absolute atomic E-state index is 15.0. The Morgan fingerprint density at radius 1 is 1.19 bits per heavy atom. The number of alkyl halides is 2. The molecule has 192 valence electrons. The van der Waals surface area contributed by atoms with Crippen LogP contribution in [0.4, 0.5) is 30.2 Å². The van der Waals surface area contributed by atoms with Gasteiger partial charge in [0.25, 0.3) is 11.8 Å². The molecular formula is C23H22ClF3N4O3S2. The molecule has 2 N–H and O–H groups in total. The van der Waals surface area contributed by atoms with Gasteiger partial charge in [-0.1, -0.05) is 11.6 Å². The number of nitrogens with one attached hydrogen (secondary N) is 2. The lowest BCUT2D eigenvalue weighted by Crippen LogP contribution is -2.42. The van der Waals surface area contributed by atoms with Crippen LogP contribution in [-0.4, -0.2) is 44.6 Å². The standard InChI is InChI=1S/C23H22ClF3N4O3S2/c1-13-18(21-19(25)9-17(11-28-21)31-5-3-4-23(26,27)12-31)10-20(35-13)22(32)29-15-6-14(24)7-16(8-15)30-36(2,33)34/h6-11,30H,3-5,12H2,1-2H3,(H,29,32). The van der Waals surface area contributed by atoms with E-state index in [1.807, 2.05) is 0 Å². The fourth-order valence-electron chi connectivity index (χ4n) is 3.94. The Bertz CT molecular complexity index is 1430. The average molecular weight is 559 g/mol. The van der Waals surface area contributed by atoms with Gasteiger partial charge in [-0.15, -0.1) is 11.3 Å². The highest BCUT2D eigenvalue weighted by atomic mass is 35.5. The quantitative estimate of drug-likeness (QED) is 0.401. The third-order valence-corrected chi connectivity index (χ3v) is 7.31. The van der Waals surface area contributed by atoms with Gasteiger partial charge in [-0.25, -0.2) is 21.6 Å². The first kappa shape index (κ1) is 26.2. The highest BCUT2D eigenvalue weighted by Crippen LogP contribution is 2.35. The molecule has 0 atom stereocenters. The van der Waals surface area contributed by atoms with Crippen LogP contribution in [0.25, 0.3) is 11.3 Å². The van der Waals surface area contributed by atoms with Crippen molar-refractivity contribution in [3.05, 3.63) is 57.1 Å². The molecule has 1 fully saturated rings. The van der Waals surface area contributed by atoms with E-state index >= 15 is 4.39 Å². The number of halogens is 4. The number of nitrogens with zero attached hydrogens (tertiary/aromatic N) is 2. The van der Waals surface area contributed by atoms with E-state index in [0.29, 0.717) is 23.4 Å². The van der Waals surface area contributed by atoms with Gasteiger partial charge in [-0.05, 0) is 37.6 Å². The molecule has 1 aromatic carbocycles. The summed E-state index contributed by atoms with van der Waals surface area (Å²) in [7, 11) is -3.55. The van der Waals surface area contributed by atoms with E-state index < -0.39 is 34.2 Å². The number of carbonyl (C=O) groups excluding carboxylic acids is 1. The number of hydrogen-bond donors (Lipinski definition) is 2. The minimum absolute atomic E-state index is 0.0118. The number of piperidine rings is 1. The number of thiophene rings is 1. The van der Waals surface area contributed by atoms with Crippen molar-refractivity contribution in [3.8, 4) is 11.3 Å². The van der Waals surface area contributed by atoms with Gasteiger partial charge in [0.15, 0.2) is 5.82 Å². The largest absolute Gasteiger partial charge is 0.364 e. The number of rotatable bonds is 6. The Morgan fingerprint density at radius 3 is 2.58 bits per heavy atom. The van der Waals surface area contributed by atoms with Crippen molar-refractivity contribution < 1.29 is 26.4 Å². The number of carbonyl (C=O) groups is 1. The van der Waals surface area contributed by atoms with Crippen LogP contribution in [0.3, 0.4) is 0 Å². The Balaban J connectivity index is 1.54. The summed E-state index contributed by atoms with van der Waals surface area (Å²) in [4.78, 5) is 19.3. The molecule has 1 aliphatic rings. The van der Waals surface area contributed by atoms with E-state index in [-0.39, 0.29) is 39.1 Å². The van der Waals surface area contributed by atoms with Crippen molar-refractivity contribution in [3.63, 3.8) is 0 Å². The average Bonchev–Trinajstić information content (AvgIpc) is 3.13. The smallest absolute Gasteiger partial charge is 0.265 e.